The van der Waals surface area contributed by atoms with Crippen molar-refractivity contribution in [1.82, 2.24) is 0 Å². The van der Waals surface area contributed by atoms with Crippen LogP contribution < -0.4 is 5.73 Å². The number of rotatable bonds is 1. The van der Waals surface area contributed by atoms with Crippen LogP contribution in [-0.2, 0) is 0 Å². The van der Waals surface area contributed by atoms with Crippen molar-refractivity contribution in [2.45, 2.75) is 19.4 Å². The summed E-state index contributed by atoms with van der Waals surface area (Å²) in [5.74, 6) is 0. The third-order valence-electron chi connectivity index (χ3n) is 0.672. The average molecular weight is 177 g/mol. The van der Waals surface area contributed by atoms with Crippen molar-refractivity contribution in [3.63, 3.8) is 0 Å². The van der Waals surface area contributed by atoms with Gasteiger partial charge in [0.15, 0.2) is 5.54 Å². The van der Waals surface area contributed by atoms with Crippen molar-refractivity contribution in [2.75, 3.05) is 0 Å². The molecule has 62 valence electrons. The predicted octanol–water partition coefficient (Wildman–Crippen LogP) is 1.24. The number of azo groups is 1. The highest BCUT2D eigenvalue weighted by molar-refractivity contribution is 5.85. The summed E-state index contributed by atoms with van der Waals surface area (Å²) < 4.78 is 0. The van der Waals surface area contributed by atoms with E-state index >= 15 is 0 Å². The largest absolute Gasteiger partial charge is 0.356 e. The highest BCUT2D eigenvalue weighted by Crippen LogP contribution is 2.06. The number of halogens is 1. The third kappa shape index (κ3) is 6.74. The number of amides is 2. The number of carbonyl (C=O) groups excluding carboxylic acids is 1. The minimum absolute atomic E-state index is 0. The van der Waals surface area contributed by atoms with Crippen molar-refractivity contribution < 1.29 is 4.79 Å². The molecular formula is C5H9ClN4O. The molecule has 0 aromatic rings. The third-order valence-corrected chi connectivity index (χ3v) is 0.672. The minimum Gasteiger partial charge on any atom is -0.348 e. The molecule has 5 nitrogen and oxygen atoms in total. The Balaban J connectivity index is 0. The Morgan fingerprint density at radius 1 is 1.64 bits per heavy atom. The fourth-order valence-electron chi connectivity index (χ4n) is 0.197. The van der Waals surface area contributed by atoms with Crippen LogP contribution in [0.25, 0.3) is 0 Å². The van der Waals surface area contributed by atoms with Crippen LogP contribution in [-0.4, -0.2) is 11.6 Å². The van der Waals surface area contributed by atoms with E-state index in [4.69, 9.17) is 5.26 Å². The molecule has 0 atom stereocenters. The number of urea groups is 1. The summed E-state index contributed by atoms with van der Waals surface area (Å²) >= 11 is 0. The van der Waals surface area contributed by atoms with Crippen LogP contribution >= 0.6 is 12.4 Å². The molecule has 2 N–H and O–H groups in total. The van der Waals surface area contributed by atoms with Crippen LogP contribution in [0.5, 0.6) is 0 Å². The Labute approximate surface area is 70.7 Å². The molecule has 0 rings (SSSR count). The van der Waals surface area contributed by atoms with Gasteiger partial charge in [-0.15, -0.1) is 12.4 Å². The Bertz CT molecular complexity index is 205. The molecule has 0 aromatic heterocycles. The quantitative estimate of drug-likeness (QED) is 0.609. The molecule has 0 heterocycles. The monoisotopic (exact) mass is 176 g/mol. The van der Waals surface area contributed by atoms with Crippen LogP contribution in [0.3, 0.4) is 0 Å². The lowest BCUT2D eigenvalue weighted by atomic mass is 10.1. The first-order chi connectivity index (χ1) is 4.48. The molecule has 0 spiro atoms. The number of carbonyl (C=O) groups is 1. The maximum Gasteiger partial charge on any atom is 0.356 e. The molecule has 0 aromatic carbocycles. The topological polar surface area (TPSA) is 91.6 Å². The molecule has 0 fully saturated rings. The van der Waals surface area contributed by atoms with E-state index in [2.05, 4.69) is 16.0 Å². The molecule has 0 saturated heterocycles. The van der Waals surface area contributed by atoms with E-state index in [0.29, 0.717) is 0 Å². The van der Waals surface area contributed by atoms with Gasteiger partial charge in [0.25, 0.3) is 0 Å². The molecule has 0 aliphatic heterocycles. The number of nitriles is 1. The van der Waals surface area contributed by atoms with Gasteiger partial charge in [-0.05, 0) is 13.8 Å². The second kappa shape index (κ2) is 4.63. The second-order valence-electron chi connectivity index (χ2n) is 2.21. The number of nitrogens with zero attached hydrogens (tertiary/aromatic N) is 3. The maximum absolute atomic E-state index is 10.0. The lowest BCUT2D eigenvalue weighted by Crippen LogP contribution is -2.13. The van der Waals surface area contributed by atoms with Crippen molar-refractivity contribution >= 4 is 18.4 Å². The predicted molar refractivity (Wildman–Crippen MR) is 41.4 cm³/mol. The number of primary amides is 1. The van der Waals surface area contributed by atoms with E-state index in [1.54, 1.807) is 0 Å². The Kier molecular flexibility index (Phi) is 5.27. The van der Waals surface area contributed by atoms with E-state index in [9.17, 15) is 4.79 Å². The molecule has 0 aliphatic rings. The van der Waals surface area contributed by atoms with Crippen molar-refractivity contribution in [3.8, 4) is 6.07 Å². The summed E-state index contributed by atoms with van der Waals surface area (Å²) in [6.45, 7) is 3.05. The number of nitrogens with two attached hydrogens (primary N) is 1. The van der Waals surface area contributed by atoms with E-state index in [1.165, 1.54) is 13.8 Å². The lowest BCUT2D eigenvalue weighted by molar-refractivity contribution is 0.254. The first kappa shape index (κ1) is 12.5. The maximum atomic E-state index is 10.0. The van der Waals surface area contributed by atoms with Gasteiger partial charge in [0.2, 0.25) is 0 Å². The molecule has 0 saturated carbocycles. The van der Waals surface area contributed by atoms with Crippen LogP contribution in [0.4, 0.5) is 4.79 Å². The minimum atomic E-state index is -0.963. The molecule has 0 aliphatic carbocycles. The van der Waals surface area contributed by atoms with Gasteiger partial charge in [-0.1, -0.05) is 5.11 Å². The van der Waals surface area contributed by atoms with E-state index in [-0.39, 0.29) is 12.4 Å². The Morgan fingerprint density at radius 3 is 2.36 bits per heavy atom. The second-order valence-corrected chi connectivity index (χ2v) is 2.21. The zero-order chi connectivity index (χ0) is 8.20. The smallest absolute Gasteiger partial charge is 0.348 e. The van der Waals surface area contributed by atoms with Crippen LogP contribution in [0.15, 0.2) is 10.2 Å². The van der Waals surface area contributed by atoms with E-state index in [0.717, 1.165) is 0 Å². The fraction of sp³-hybridized carbons (Fsp3) is 0.600. The van der Waals surface area contributed by atoms with Gasteiger partial charge in [0, 0.05) is 0 Å². The summed E-state index contributed by atoms with van der Waals surface area (Å²) in [5, 5.41) is 14.7. The molecule has 0 unspecified atom stereocenters. The molecule has 11 heavy (non-hydrogen) atoms. The Morgan fingerprint density at radius 2 is 2.09 bits per heavy atom. The Hall–Kier alpha value is -1.15. The van der Waals surface area contributed by atoms with Gasteiger partial charge in [-0.3, -0.25) is 0 Å². The first-order valence-corrected chi connectivity index (χ1v) is 2.61. The lowest BCUT2D eigenvalue weighted by Gasteiger charge is -2.03. The molecule has 0 bridgehead atoms. The van der Waals surface area contributed by atoms with Crippen LogP contribution in [0.1, 0.15) is 13.8 Å². The van der Waals surface area contributed by atoms with Crippen LogP contribution in [0, 0.1) is 11.3 Å². The summed E-state index contributed by atoms with van der Waals surface area (Å²) in [7, 11) is 0. The highest BCUT2D eigenvalue weighted by Gasteiger charge is 2.14. The number of hydrogen-bond acceptors (Lipinski definition) is 3. The van der Waals surface area contributed by atoms with E-state index in [1.807, 2.05) is 6.07 Å². The van der Waals surface area contributed by atoms with Crippen molar-refractivity contribution in [2.24, 2.45) is 16.0 Å². The van der Waals surface area contributed by atoms with Crippen molar-refractivity contribution in [1.29, 1.82) is 5.26 Å². The SMILES string of the molecule is CC(C)(C#N)/N=N/C(N)=O.Cl. The zero-order valence-electron chi connectivity index (χ0n) is 6.24. The van der Waals surface area contributed by atoms with Gasteiger partial charge in [0.1, 0.15) is 0 Å². The molecule has 2 amide bonds. The summed E-state index contributed by atoms with van der Waals surface area (Å²) in [4.78, 5) is 10.0. The normalized spacial score (nSPS) is 10.3. The van der Waals surface area contributed by atoms with Gasteiger partial charge in [-0.2, -0.15) is 10.4 Å². The summed E-state index contributed by atoms with van der Waals surface area (Å²) in [5.41, 5.74) is 3.68. The van der Waals surface area contributed by atoms with Gasteiger partial charge in [-0.25, -0.2) is 4.79 Å². The standard InChI is InChI=1S/C5H8N4O.ClH/c1-5(2,3-6)9-8-4(7)10;/h1-2H3,(H2,7,10);1H/b9-8+;. The van der Waals surface area contributed by atoms with Gasteiger partial charge >= 0.3 is 6.03 Å². The zero-order valence-corrected chi connectivity index (χ0v) is 7.05. The molecule has 6 heteroatoms. The number of hydrogen-bond donors (Lipinski definition) is 1. The summed E-state index contributed by atoms with van der Waals surface area (Å²) in [6, 6.07) is 0.943. The van der Waals surface area contributed by atoms with Gasteiger partial charge in [0.05, 0.1) is 6.07 Å². The first-order valence-electron chi connectivity index (χ1n) is 2.61. The molecule has 0 radical (unpaired) electrons. The highest BCUT2D eigenvalue weighted by atomic mass is 35.5. The summed E-state index contributed by atoms with van der Waals surface area (Å²) in [6.07, 6.45) is 0. The van der Waals surface area contributed by atoms with Crippen molar-refractivity contribution in [3.05, 3.63) is 0 Å². The molecular weight excluding hydrogens is 168 g/mol. The van der Waals surface area contributed by atoms with Crippen LogP contribution in [0.2, 0.25) is 0 Å². The average Bonchev–Trinajstić information content (AvgIpc) is 1.85. The van der Waals surface area contributed by atoms with E-state index < -0.39 is 11.6 Å². The van der Waals surface area contributed by atoms with Gasteiger partial charge < -0.3 is 5.73 Å². The fourth-order valence-corrected chi connectivity index (χ4v) is 0.197.